The third-order valence-electron chi connectivity index (χ3n) is 4.08. The van der Waals surface area contributed by atoms with Gasteiger partial charge in [0.15, 0.2) is 5.54 Å². The summed E-state index contributed by atoms with van der Waals surface area (Å²) in [4.78, 5) is 6.38. The Morgan fingerprint density at radius 3 is 2.46 bits per heavy atom. The highest BCUT2D eigenvalue weighted by atomic mass is 35.5. The molecule has 0 fully saturated rings. The first kappa shape index (κ1) is 16.3. The first-order valence-corrected chi connectivity index (χ1v) is 7.43. The molecule has 1 aliphatic rings. The van der Waals surface area contributed by atoms with Crippen molar-refractivity contribution in [3.05, 3.63) is 76.1 Å². The summed E-state index contributed by atoms with van der Waals surface area (Å²) < 4.78 is 0. The minimum atomic E-state index is -0.745. The lowest BCUT2D eigenvalue weighted by Gasteiger charge is -2.21. The quantitative estimate of drug-likeness (QED) is 0.750. The molecule has 0 spiro atoms. The first-order chi connectivity index (χ1) is 11.2. The van der Waals surface area contributed by atoms with Gasteiger partial charge in [0.25, 0.3) is 0 Å². The van der Waals surface area contributed by atoms with Gasteiger partial charge in [-0.1, -0.05) is 42.5 Å². The van der Waals surface area contributed by atoms with E-state index < -0.39 is 5.54 Å². The van der Waals surface area contributed by atoms with Crippen LogP contribution in [0.3, 0.4) is 0 Å². The van der Waals surface area contributed by atoms with Crippen LogP contribution in [-0.2, 0) is 19.1 Å². The largest absolute Gasteiger partial charge is 0.326 e. The van der Waals surface area contributed by atoms with Crippen LogP contribution in [0.5, 0.6) is 0 Å². The lowest BCUT2D eigenvalue weighted by Crippen LogP contribution is -2.24. The molecule has 0 radical (unpaired) electrons. The SMILES string of the molecule is Cl.Cn1nnc(C2(c3ccc(CN)cc3)C=c3ccccc3=N2)n1. The van der Waals surface area contributed by atoms with Crippen LogP contribution in [0.15, 0.2) is 53.5 Å². The van der Waals surface area contributed by atoms with Crippen LogP contribution in [0.4, 0.5) is 0 Å². The normalized spacial score (nSPS) is 18.2. The number of para-hydroxylation sites is 1. The van der Waals surface area contributed by atoms with E-state index in [4.69, 9.17) is 10.7 Å². The molecule has 2 N–H and O–H groups in total. The summed E-state index contributed by atoms with van der Waals surface area (Å²) in [7, 11) is 1.75. The molecular formula is C17H17ClN6. The molecule has 6 nitrogen and oxygen atoms in total. The molecular weight excluding hydrogens is 324 g/mol. The summed E-state index contributed by atoms with van der Waals surface area (Å²) in [6, 6.07) is 16.1. The summed E-state index contributed by atoms with van der Waals surface area (Å²) in [5, 5.41) is 14.6. The van der Waals surface area contributed by atoms with Gasteiger partial charge in [0.2, 0.25) is 5.82 Å². The maximum Gasteiger partial charge on any atom is 0.210 e. The van der Waals surface area contributed by atoms with E-state index in [-0.39, 0.29) is 12.4 Å². The van der Waals surface area contributed by atoms with Gasteiger partial charge in [-0.3, -0.25) is 4.99 Å². The van der Waals surface area contributed by atoms with Crippen molar-refractivity contribution in [1.29, 1.82) is 0 Å². The van der Waals surface area contributed by atoms with Crippen LogP contribution in [-0.4, -0.2) is 20.2 Å². The van der Waals surface area contributed by atoms with Crippen LogP contribution in [0.25, 0.3) is 6.08 Å². The Morgan fingerprint density at radius 2 is 1.83 bits per heavy atom. The number of rotatable bonds is 3. The number of hydrogen-bond acceptors (Lipinski definition) is 5. The van der Waals surface area contributed by atoms with E-state index in [1.807, 2.05) is 48.5 Å². The number of benzene rings is 2. The first-order valence-electron chi connectivity index (χ1n) is 7.43. The van der Waals surface area contributed by atoms with Crippen LogP contribution in [0.1, 0.15) is 17.0 Å². The predicted octanol–water partition coefficient (Wildman–Crippen LogP) is 0.448. The van der Waals surface area contributed by atoms with Crippen LogP contribution in [0.2, 0.25) is 0 Å². The Bertz CT molecular complexity index is 942. The van der Waals surface area contributed by atoms with Crippen molar-refractivity contribution in [3.63, 3.8) is 0 Å². The van der Waals surface area contributed by atoms with Crippen molar-refractivity contribution in [3.8, 4) is 0 Å². The second-order valence-electron chi connectivity index (χ2n) is 5.58. The average Bonchev–Trinajstić information content (AvgIpc) is 3.19. The molecule has 1 unspecified atom stereocenters. The molecule has 0 aliphatic carbocycles. The summed E-state index contributed by atoms with van der Waals surface area (Å²) in [5.74, 6) is 0.566. The van der Waals surface area contributed by atoms with E-state index in [1.54, 1.807) is 7.05 Å². The zero-order valence-corrected chi connectivity index (χ0v) is 13.9. The van der Waals surface area contributed by atoms with Gasteiger partial charge in [-0.15, -0.1) is 22.6 Å². The highest BCUT2D eigenvalue weighted by Gasteiger charge is 2.38. The van der Waals surface area contributed by atoms with E-state index in [1.165, 1.54) is 4.80 Å². The molecule has 4 rings (SSSR count). The second-order valence-corrected chi connectivity index (χ2v) is 5.58. The Morgan fingerprint density at radius 1 is 1.08 bits per heavy atom. The van der Waals surface area contributed by atoms with E-state index in [0.717, 1.165) is 21.7 Å². The molecule has 0 bridgehead atoms. The van der Waals surface area contributed by atoms with Gasteiger partial charge in [-0.2, -0.15) is 4.80 Å². The van der Waals surface area contributed by atoms with Crippen LogP contribution >= 0.6 is 12.4 Å². The van der Waals surface area contributed by atoms with E-state index in [0.29, 0.717) is 12.4 Å². The molecule has 2 aromatic carbocycles. The fourth-order valence-electron chi connectivity index (χ4n) is 2.88. The molecule has 1 aliphatic heterocycles. The van der Waals surface area contributed by atoms with Gasteiger partial charge in [0.1, 0.15) is 0 Å². The topological polar surface area (TPSA) is 82.0 Å². The van der Waals surface area contributed by atoms with Crippen molar-refractivity contribution in [2.24, 2.45) is 17.8 Å². The van der Waals surface area contributed by atoms with Gasteiger partial charge < -0.3 is 5.73 Å². The average molecular weight is 341 g/mol. The van der Waals surface area contributed by atoms with Crippen molar-refractivity contribution in [2.75, 3.05) is 0 Å². The monoisotopic (exact) mass is 340 g/mol. The van der Waals surface area contributed by atoms with Gasteiger partial charge in [-0.25, -0.2) is 0 Å². The van der Waals surface area contributed by atoms with Crippen molar-refractivity contribution < 1.29 is 0 Å². The third-order valence-corrected chi connectivity index (χ3v) is 4.08. The molecule has 3 aromatic rings. The van der Waals surface area contributed by atoms with E-state index in [2.05, 4.69) is 21.5 Å². The molecule has 122 valence electrons. The van der Waals surface area contributed by atoms with Gasteiger partial charge >= 0.3 is 0 Å². The number of hydrogen-bond donors (Lipinski definition) is 1. The number of tetrazole rings is 1. The second kappa shape index (κ2) is 6.14. The smallest absolute Gasteiger partial charge is 0.210 e. The summed E-state index contributed by atoms with van der Waals surface area (Å²) in [5.41, 5.74) is 7.03. The summed E-state index contributed by atoms with van der Waals surface area (Å²) >= 11 is 0. The fraction of sp³-hybridized carbons (Fsp3) is 0.176. The number of fused-ring (bicyclic) bond motifs is 1. The van der Waals surface area contributed by atoms with Gasteiger partial charge in [0, 0.05) is 6.54 Å². The number of nitrogens with zero attached hydrogens (tertiary/aromatic N) is 5. The van der Waals surface area contributed by atoms with Gasteiger partial charge in [-0.05, 0) is 33.7 Å². The van der Waals surface area contributed by atoms with E-state index in [9.17, 15) is 0 Å². The van der Waals surface area contributed by atoms with Crippen molar-refractivity contribution in [1.82, 2.24) is 20.2 Å². The molecule has 0 saturated carbocycles. The summed E-state index contributed by atoms with van der Waals surface area (Å²) in [6.07, 6.45) is 2.09. The van der Waals surface area contributed by atoms with E-state index >= 15 is 0 Å². The molecule has 7 heteroatoms. The van der Waals surface area contributed by atoms with Crippen molar-refractivity contribution in [2.45, 2.75) is 12.1 Å². The molecule has 1 aromatic heterocycles. The Labute approximate surface area is 145 Å². The Balaban J connectivity index is 0.00000169. The molecule has 24 heavy (non-hydrogen) atoms. The Kier molecular flexibility index (Phi) is 4.17. The standard InChI is InChI=1S/C17H16N6.ClH/c1-23-21-16(20-22-23)17(14-8-6-12(11-18)7-9-14)10-13-4-2-3-5-15(13)19-17;/h2-10H,11,18H2,1H3;1H. The number of nitrogens with two attached hydrogens (primary N) is 1. The molecule has 0 saturated heterocycles. The van der Waals surface area contributed by atoms with Crippen molar-refractivity contribution >= 4 is 18.5 Å². The molecule has 2 heterocycles. The highest BCUT2D eigenvalue weighted by Crippen LogP contribution is 2.34. The third kappa shape index (κ3) is 2.50. The fourth-order valence-corrected chi connectivity index (χ4v) is 2.88. The number of aromatic nitrogens is 4. The zero-order valence-electron chi connectivity index (χ0n) is 13.1. The maximum atomic E-state index is 5.70. The zero-order chi connectivity index (χ0) is 15.9. The molecule has 0 amide bonds. The maximum absolute atomic E-state index is 5.70. The predicted molar refractivity (Wildman–Crippen MR) is 92.8 cm³/mol. The minimum Gasteiger partial charge on any atom is -0.326 e. The lowest BCUT2D eigenvalue weighted by molar-refractivity contribution is 0.613. The number of aryl methyl sites for hydroxylation is 1. The van der Waals surface area contributed by atoms with Crippen LogP contribution in [0, 0.1) is 0 Å². The highest BCUT2D eigenvalue weighted by molar-refractivity contribution is 5.85. The summed E-state index contributed by atoms with van der Waals surface area (Å²) in [6.45, 7) is 0.512. The molecule has 1 atom stereocenters. The van der Waals surface area contributed by atoms with Gasteiger partial charge in [0.05, 0.1) is 12.4 Å². The number of halogens is 1. The lowest BCUT2D eigenvalue weighted by atomic mass is 9.89. The minimum absolute atomic E-state index is 0. The van der Waals surface area contributed by atoms with Crippen LogP contribution < -0.4 is 16.3 Å². The Hall–Kier alpha value is -2.57.